The second-order valence-electron chi connectivity index (χ2n) is 10.2. The number of aryl methyl sites for hydroxylation is 2. The first-order valence-electron chi connectivity index (χ1n) is 13.8. The van der Waals surface area contributed by atoms with Crippen LogP contribution in [0.4, 0.5) is 0 Å². The van der Waals surface area contributed by atoms with E-state index in [1.807, 2.05) is 36.9 Å². The molecule has 0 unspecified atom stereocenters. The molecule has 202 valence electrons. The molecule has 1 N–H and O–H groups in total. The minimum Gasteiger partial charge on any atom is -0.481 e. The number of carbonyl (C=O) groups is 1. The molecule has 5 nitrogen and oxygen atoms in total. The number of pyridine rings is 2. The van der Waals surface area contributed by atoms with Crippen molar-refractivity contribution < 1.29 is 14.6 Å². The number of benzene rings is 4. The molecule has 0 atom stereocenters. The first-order valence-corrected chi connectivity index (χ1v) is 13.8. The molecule has 0 saturated heterocycles. The molecule has 2 aromatic heterocycles. The highest BCUT2D eigenvalue weighted by atomic mass is 16.5. The van der Waals surface area contributed by atoms with Gasteiger partial charge in [-0.2, -0.15) is 0 Å². The van der Waals surface area contributed by atoms with Crippen molar-refractivity contribution in [2.24, 2.45) is 0 Å². The fraction of sp³-hybridized carbons (Fsp3) is 0.139. The smallest absolute Gasteiger partial charge is 0.305 e. The molecular formula is C36H30N2O3. The predicted octanol–water partition coefficient (Wildman–Crippen LogP) is 7.89. The van der Waals surface area contributed by atoms with Crippen molar-refractivity contribution in [1.29, 1.82) is 0 Å². The number of nitrogens with zero attached hydrogens (tertiary/aromatic N) is 2. The van der Waals surface area contributed by atoms with E-state index in [1.54, 1.807) is 0 Å². The Hall–Kier alpha value is -4.87. The third-order valence-corrected chi connectivity index (χ3v) is 7.50. The molecule has 6 aromatic rings. The maximum atomic E-state index is 10.9. The van der Waals surface area contributed by atoms with Gasteiger partial charge in [-0.3, -0.25) is 14.8 Å². The van der Waals surface area contributed by atoms with Gasteiger partial charge in [0.25, 0.3) is 0 Å². The summed E-state index contributed by atoms with van der Waals surface area (Å²) < 4.78 is 5.65. The standard InChI is InChI=1S/C36H30N2O3/c39-36(40)17-20-41-24-26-10-14-32(33-6-2-4-28-16-19-38-23-35(28)33)30(21-26)13-9-25-7-11-29(12-8-25)31-5-1-3-27-15-18-37-22-34(27)31/h1-8,10-12,14-16,18-19,21-23H,9,13,17,20,24H2,(H,39,40). The van der Waals surface area contributed by atoms with Gasteiger partial charge in [-0.25, -0.2) is 0 Å². The summed E-state index contributed by atoms with van der Waals surface area (Å²) in [7, 11) is 0. The number of carboxylic acid groups (broad SMARTS) is 1. The Bertz CT molecular complexity index is 1820. The Labute approximate surface area is 239 Å². The van der Waals surface area contributed by atoms with Gasteiger partial charge in [-0.15, -0.1) is 0 Å². The van der Waals surface area contributed by atoms with E-state index in [9.17, 15) is 4.79 Å². The van der Waals surface area contributed by atoms with Gasteiger partial charge >= 0.3 is 5.97 Å². The molecule has 0 amide bonds. The average Bonchev–Trinajstić information content (AvgIpc) is 3.02. The Balaban J connectivity index is 1.27. The van der Waals surface area contributed by atoms with Crippen LogP contribution in [-0.2, 0) is 29.0 Å². The third kappa shape index (κ3) is 6.01. The van der Waals surface area contributed by atoms with Crippen molar-refractivity contribution in [1.82, 2.24) is 9.97 Å². The molecule has 41 heavy (non-hydrogen) atoms. The molecule has 0 fully saturated rings. The highest BCUT2D eigenvalue weighted by molar-refractivity contribution is 5.97. The summed E-state index contributed by atoms with van der Waals surface area (Å²) in [6, 6.07) is 32.0. The van der Waals surface area contributed by atoms with Gasteiger partial charge in [0.05, 0.1) is 19.6 Å². The maximum absolute atomic E-state index is 10.9. The van der Waals surface area contributed by atoms with E-state index in [-0.39, 0.29) is 13.0 Å². The molecule has 0 bridgehead atoms. The van der Waals surface area contributed by atoms with Crippen LogP contribution >= 0.6 is 0 Å². The monoisotopic (exact) mass is 538 g/mol. The number of hydrogen-bond acceptors (Lipinski definition) is 4. The van der Waals surface area contributed by atoms with Crippen LogP contribution in [0.2, 0.25) is 0 Å². The zero-order valence-electron chi connectivity index (χ0n) is 22.7. The molecular weight excluding hydrogens is 508 g/mol. The summed E-state index contributed by atoms with van der Waals surface area (Å²) >= 11 is 0. The van der Waals surface area contributed by atoms with E-state index in [0.29, 0.717) is 6.61 Å². The van der Waals surface area contributed by atoms with Crippen molar-refractivity contribution >= 4 is 27.5 Å². The largest absolute Gasteiger partial charge is 0.481 e. The Morgan fingerprint density at radius 2 is 1.34 bits per heavy atom. The summed E-state index contributed by atoms with van der Waals surface area (Å²) in [5, 5.41) is 13.5. The lowest BCUT2D eigenvalue weighted by Gasteiger charge is -2.15. The molecule has 0 aliphatic rings. The molecule has 6 rings (SSSR count). The quantitative estimate of drug-likeness (QED) is 0.180. The van der Waals surface area contributed by atoms with Gasteiger partial charge in [0.2, 0.25) is 0 Å². The number of fused-ring (bicyclic) bond motifs is 2. The highest BCUT2D eigenvalue weighted by Crippen LogP contribution is 2.33. The van der Waals surface area contributed by atoms with Crippen molar-refractivity contribution in [2.75, 3.05) is 6.61 Å². The molecule has 4 aromatic carbocycles. The van der Waals surface area contributed by atoms with Crippen LogP contribution in [0, 0.1) is 0 Å². The third-order valence-electron chi connectivity index (χ3n) is 7.50. The molecule has 5 heteroatoms. The van der Waals surface area contributed by atoms with Gasteiger partial charge in [0.15, 0.2) is 0 Å². The Morgan fingerprint density at radius 1 is 0.683 bits per heavy atom. The van der Waals surface area contributed by atoms with Crippen LogP contribution in [0.25, 0.3) is 43.8 Å². The van der Waals surface area contributed by atoms with Crippen molar-refractivity contribution in [3.05, 3.63) is 132 Å². The minimum absolute atomic E-state index is 0.000766. The lowest BCUT2D eigenvalue weighted by atomic mass is 9.91. The number of aromatic nitrogens is 2. The zero-order valence-corrected chi connectivity index (χ0v) is 22.7. The number of rotatable bonds is 10. The fourth-order valence-corrected chi connectivity index (χ4v) is 5.40. The van der Waals surface area contributed by atoms with Crippen LogP contribution in [0.5, 0.6) is 0 Å². The van der Waals surface area contributed by atoms with Gasteiger partial charge in [-0.1, -0.05) is 78.9 Å². The molecule has 2 heterocycles. The molecule has 0 aliphatic heterocycles. The van der Waals surface area contributed by atoms with Gasteiger partial charge in [0.1, 0.15) is 0 Å². The van der Waals surface area contributed by atoms with Crippen molar-refractivity contribution in [3.63, 3.8) is 0 Å². The van der Waals surface area contributed by atoms with Gasteiger partial charge in [-0.05, 0) is 74.7 Å². The summed E-state index contributed by atoms with van der Waals surface area (Å²) in [4.78, 5) is 19.6. The summed E-state index contributed by atoms with van der Waals surface area (Å²) in [6.45, 7) is 0.576. The second-order valence-corrected chi connectivity index (χ2v) is 10.2. The van der Waals surface area contributed by atoms with E-state index < -0.39 is 5.97 Å². The highest BCUT2D eigenvalue weighted by Gasteiger charge is 2.12. The number of aliphatic carboxylic acids is 1. The lowest BCUT2D eigenvalue weighted by molar-refractivity contribution is -0.138. The summed E-state index contributed by atoms with van der Waals surface area (Å²) in [5.41, 5.74) is 8.22. The van der Waals surface area contributed by atoms with Gasteiger partial charge < -0.3 is 9.84 Å². The number of hydrogen-bond donors (Lipinski definition) is 1. The maximum Gasteiger partial charge on any atom is 0.305 e. The fourth-order valence-electron chi connectivity index (χ4n) is 5.40. The minimum atomic E-state index is -0.853. The Morgan fingerprint density at radius 3 is 2.05 bits per heavy atom. The molecule has 0 aliphatic carbocycles. The van der Waals surface area contributed by atoms with Crippen LogP contribution in [0.3, 0.4) is 0 Å². The lowest BCUT2D eigenvalue weighted by Crippen LogP contribution is -2.03. The Kier molecular flexibility index (Phi) is 7.79. The first-order chi connectivity index (χ1) is 20.2. The van der Waals surface area contributed by atoms with E-state index in [0.717, 1.165) is 40.1 Å². The normalized spacial score (nSPS) is 11.2. The zero-order chi connectivity index (χ0) is 28.0. The van der Waals surface area contributed by atoms with Crippen LogP contribution in [-0.4, -0.2) is 27.7 Å². The number of carboxylic acids is 1. The van der Waals surface area contributed by atoms with Crippen LogP contribution in [0.1, 0.15) is 23.1 Å². The van der Waals surface area contributed by atoms with Crippen LogP contribution in [0.15, 0.2) is 116 Å². The SMILES string of the molecule is O=C(O)CCOCc1ccc(-c2cccc3ccncc23)c(CCc2ccc(-c3cccc4ccncc34)cc2)c1. The van der Waals surface area contributed by atoms with Crippen molar-refractivity contribution in [3.8, 4) is 22.3 Å². The number of ether oxygens (including phenoxy) is 1. The average molecular weight is 539 g/mol. The molecule has 0 spiro atoms. The summed E-state index contributed by atoms with van der Waals surface area (Å²) in [6.07, 6.45) is 9.25. The van der Waals surface area contributed by atoms with E-state index in [1.165, 1.54) is 33.2 Å². The van der Waals surface area contributed by atoms with Crippen molar-refractivity contribution in [2.45, 2.75) is 25.9 Å². The van der Waals surface area contributed by atoms with E-state index in [2.05, 4.69) is 88.8 Å². The van der Waals surface area contributed by atoms with Crippen LogP contribution < -0.4 is 0 Å². The predicted molar refractivity (Wildman–Crippen MR) is 164 cm³/mol. The topological polar surface area (TPSA) is 72.3 Å². The van der Waals surface area contributed by atoms with E-state index in [4.69, 9.17) is 9.84 Å². The van der Waals surface area contributed by atoms with E-state index >= 15 is 0 Å². The summed E-state index contributed by atoms with van der Waals surface area (Å²) in [5.74, 6) is -0.853. The second kappa shape index (κ2) is 12.1. The molecule has 0 saturated carbocycles. The van der Waals surface area contributed by atoms with Gasteiger partial charge in [0, 0.05) is 35.6 Å². The molecule has 0 radical (unpaired) electrons. The first kappa shape index (κ1) is 26.4.